The Labute approximate surface area is 154 Å². The summed E-state index contributed by atoms with van der Waals surface area (Å²) in [4.78, 5) is 14.7. The first-order valence-electron chi connectivity index (χ1n) is 8.91. The zero-order valence-corrected chi connectivity index (χ0v) is 15.8. The summed E-state index contributed by atoms with van der Waals surface area (Å²) in [7, 11) is 1.95. The fourth-order valence-electron chi connectivity index (χ4n) is 2.92. The Bertz CT molecular complexity index is 804. The van der Waals surface area contributed by atoms with E-state index in [0.29, 0.717) is 19.8 Å². The lowest BCUT2D eigenvalue weighted by atomic mass is 10.1. The quantitative estimate of drug-likeness (QED) is 0.892. The molecule has 5 heteroatoms. The van der Waals surface area contributed by atoms with E-state index in [0.717, 1.165) is 33.9 Å². The lowest BCUT2D eigenvalue weighted by Gasteiger charge is -2.25. The van der Waals surface area contributed by atoms with Crippen LogP contribution in [0.2, 0.25) is 0 Å². The van der Waals surface area contributed by atoms with Gasteiger partial charge in [-0.3, -0.25) is 9.69 Å². The van der Waals surface area contributed by atoms with Crippen LogP contribution in [0, 0.1) is 13.8 Å². The van der Waals surface area contributed by atoms with Crippen molar-refractivity contribution in [1.29, 1.82) is 0 Å². The molecule has 2 aromatic rings. The number of fused-ring (bicyclic) bond motifs is 1. The normalized spacial score (nSPS) is 14.2. The van der Waals surface area contributed by atoms with Crippen molar-refractivity contribution in [2.24, 2.45) is 0 Å². The number of benzene rings is 2. The van der Waals surface area contributed by atoms with E-state index < -0.39 is 0 Å². The van der Waals surface area contributed by atoms with Crippen molar-refractivity contribution in [2.45, 2.75) is 33.4 Å². The summed E-state index contributed by atoms with van der Waals surface area (Å²) in [5.41, 5.74) is 4.14. The van der Waals surface area contributed by atoms with Crippen molar-refractivity contribution in [2.75, 3.05) is 25.6 Å². The first kappa shape index (κ1) is 18.3. The van der Waals surface area contributed by atoms with Gasteiger partial charge in [0.1, 0.15) is 13.2 Å². The van der Waals surface area contributed by atoms with Gasteiger partial charge < -0.3 is 14.8 Å². The Morgan fingerprint density at radius 3 is 2.62 bits per heavy atom. The Balaban J connectivity index is 1.64. The van der Waals surface area contributed by atoms with E-state index in [4.69, 9.17) is 9.47 Å². The highest BCUT2D eigenvalue weighted by Crippen LogP contribution is 2.31. The molecule has 5 nitrogen and oxygen atoms in total. The van der Waals surface area contributed by atoms with Crippen LogP contribution in [0.1, 0.15) is 23.6 Å². The topological polar surface area (TPSA) is 50.8 Å². The van der Waals surface area contributed by atoms with E-state index in [1.807, 2.05) is 69.1 Å². The van der Waals surface area contributed by atoms with Gasteiger partial charge in [-0.2, -0.15) is 0 Å². The molecule has 1 aliphatic rings. The van der Waals surface area contributed by atoms with Gasteiger partial charge in [-0.15, -0.1) is 0 Å². The molecule has 1 heterocycles. The van der Waals surface area contributed by atoms with Crippen LogP contribution in [-0.2, 0) is 11.3 Å². The molecule has 0 unspecified atom stereocenters. The lowest BCUT2D eigenvalue weighted by molar-refractivity contribution is -0.120. The highest BCUT2D eigenvalue weighted by molar-refractivity contribution is 5.95. The third-order valence-electron chi connectivity index (χ3n) is 4.73. The fourth-order valence-corrected chi connectivity index (χ4v) is 2.92. The maximum absolute atomic E-state index is 12.6. The summed E-state index contributed by atoms with van der Waals surface area (Å²) in [6.45, 7) is 7.74. The summed E-state index contributed by atoms with van der Waals surface area (Å²) in [5.74, 6) is 1.54. The number of aryl methyl sites for hydroxylation is 2. The Hall–Kier alpha value is -2.53. The number of ether oxygens (including phenoxy) is 2. The zero-order chi connectivity index (χ0) is 18.7. The summed E-state index contributed by atoms with van der Waals surface area (Å²) < 4.78 is 11.2. The maximum Gasteiger partial charge on any atom is 0.241 e. The minimum absolute atomic E-state index is 0.0151. The van der Waals surface area contributed by atoms with Gasteiger partial charge in [-0.25, -0.2) is 0 Å². The van der Waals surface area contributed by atoms with Gasteiger partial charge in [0.2, 0.25) is 5.91 Å². The molecule has 1 N–H and O–H groups in total. The third-order valence-corrected chi connectivity index (χ3v) is 4.73. The number of hydrogen-bond donors (Lipinski definition) is 1. The van der Waals surface area contributed by atoms with Crippen molar-refractivity contribution < 1.29 is 14.3 Å². The average Bonchev–Trinajstić information content (AvgIpc) is 2.64. The highest BCUT2D eigenvalue weighted by atomic mass is 16.6. The monoisotopic (exact) mass is 354 g/mol. The minimum Gasteiger partial charge on any atom is -0.486 e. The second kappa shape index (κ2) is 7.79. The van der Waals surface area contributed by atoms with E-state index in [-0.39, 0.29) is 11.9 Å². The van der Waals surface area contributed by atoms with Crippen molar-refractivity contribution >= 4 is 11.6 Å². The van der Waals surface area contributed by atoms with Crippen LogP contribution in [0.25, 0.3) is 0 Å². The summed E-state index contributed by atoms with van der Waals surface area (Å²) in [6.07, 6.45) is 0. The van der Waals surface area contributed by atoms with Crippen LogP contribution in [0.3, 0.4) is 0 Å². The number of nitrogens with one attached hydrogen (secondary N) is 1. The van der Waals surface area contributed by atoms with E-state index in [1.54, 1.807) is 0 Å². The SMILES string of the molecule is Cc1ccc(C)c(NC(=O)[C@H](C)N(C)Cc2ccc3c(c2)OCCO3)c1. The Morgan fingerprint density at radius 2 is 1.85 bits per heavy atom. The Morgan fingerprint density at radius 1 is 1.12 bits per heavy atom. The van der Waals surface area contributed by atoms with Crippen LogP contribution in [0.5, 0.6) is 11.5 Å². The van der Waals surface area contributed by atoms with E-state index >= 15 is 0 Å². The van der Waals surface area contributed by atoms with Crippen LogP contribution in [0.15, 0.2) is 36.4 Å². The molecular formula is C21H26N2O3. The van der Waals surface area contributed by atoms with Crippen LogP contribution in [0.4, 0.5) is 5.69 Å². The van der Waals surface area contributed by atoms with Crippen molar-refractivity contribution in [3.8, 4) is 11.5 Å². The van der Waals surface area contributed by atoms with E-state index in [9.17, 15) is 4.79 Å². The van der Waals surface area contributed by atoms with Gasteiger partial charge in [0, 0.05) is 12.2 Å². The minimum atomic E-state index is -0.261. The number of likely N-dealkylation sites (N-methyl/N-ethyl adjacent to an activating group) is 1. The van der Waals surface area contributed by atoms with Crippen molar-refractivity contribution in [1.82, 2.24) is 4.90 Å². The largest absolute Gasteiger partial charge is 0.486 e. The summed E-state index contributed by atoms with van der Waals surface area (Å²) >= 11 is 0. The van der Waals surface area contributed by atoms with Crippen LogP contribution in [-0.4, -0.2) is 37.1 Å². The molecule has 0 saturated heterocycles. The van der Waals surface area contributed by atoms with Gasteiger partial charge in [0.15, 0.2) is 11.5 Å². The number of hydrogen-bond acceptors (Lipinski definition) is 4. The van der Waals surface area contributed by atoms with E-state index in [1.165, 1.54) is 0 Å². The first-order valence-corrected chi connectivity index (χ1v) is 8.91. The second-order valence-corrected chi connectivity index (χ2v) is 6.88. The number of anilines is 1. The molecule has 1 amide bonds. The fraction of sp³-hybridized carbons (Fsp3) is 0.381. The molecule has 3 rings (SSSR count). The lowest BCUT2D eigenvalue weighted by Crippen LogP contribution is -2.39. The van der Waals surface area contributed by atoms with Gasteiger partial charge in [-0.1, -0.05) is 18.2 Å². The molecule has 0 aromatic heterocycles. The average molecular weight is 354 g/mol. The molecule has 0 spiro atoms. The third kappa shape index (κ3) is 4.17. The standard InChI is InChI=1S/C21H26N2O3/c1-14-5-6-15(2)18(11-14)22-21(24)16(3)23(4)13-17-7-8-19-20(12-17)26-10-9-25-19/h5-8,11-12,16H,9-10,13H2,1-4H3,(H,22,24)/t16-/m0/s1. The molecular weight excluding hydrogens is 328 g/mol. The predicted molar refractivity (Wildman–Crippen MR) is 103 cm³/mol. The number of nitrogens with zero attached hydrogens (tertiary/aromatic N) is 1. The van der Waals surface area contributed by atoms with Crippen molar-refractivity contribution in [3.63, 3.8) is 0 Å². The van der Waals surface area contributed by atoms with Gasteiger partial charge >= 0.3 is 0 Å². The molecule has 0 bridgehead atoms. The molecule has 0 radical (unpaired) electrons. The molecule has 1 atom stereocenters. The predicted octanol–water partition coefficient (Wildman–Crippen LogP) is 3.53. The van der Waals surface area contributed by atoms with E-state index in [2.05, 4.69) is 5.32 Å². The molecule has 2 aromatic carbocycles. The molecule has 0 saturated carbocycles. The number of amides is 1. The number of carbonyl (C=O) groups is 1. The smallest absolute Gasteiger partial charge is 0.241 e. The molecule has 26 heavy (non-hydrogen) atoms. The van der Waals surface area contributed by atoms with Crippen molar-refractivity contribution in [3.05, 3.63) is 53.1 Å². The summed E-state index contributed by atoms with van der Waals surface area (Å²) in [6, 6.07) is 11.7. The molecule has 0 aliphatic carbocycles. The Kier molecular flexibility index (Phi) is 5.47. The van der Waals surface area contributed by atoms with Crippen LogP contribution >= 0.6 is 0 Å². The molecule has 1 aliphatic heterocycles. The number of carbonyl (C=O) groups excluding carboxylic acids is 1. The second-order valence-electron chi connectivity index (χ2n) is 6.88. The molecule has 0 fully saturated rings. The van der Waals surface area contributed by atoms with Gasteiger partial charge in [0.25, 0.3) is 0 Å². The first-order chi connectivity index (χ1) is 12.4. The van der Waals surface area contributed by atoms with Crippen LogP contribution < -0.4 is 14.8 Å². The summed E-state index contributed by atoms with van der Waals surface area (Å²) in [5, 5.41) is 3.04. The van der Waals surface area contributed by atoms with Gasteiger partial charge in [-0.05, 0) is 62.7 Å². The molecule has 138 valence electrons. The number of rotatable bonds is 5. The highest BCUT2D eigenvalue weighted by Gasteiger charge is 2.20. The maximum atomic E-state index is 12.6. The van der Waals surface area contributed by atoms with Gasteiger partial charge in [0.05, 0.1) is 6.04 Å². The zero-order valence-electron chi connectivity index (χ0n) is 15.8.